The molecule has 0 spiro atoms. The van der Waals surface area contributed by atoms with Crippen LogP contribution < -0.4 is 10.2 Å². The van der Waals surface area contributed by atoms with Crippen LogP contribution in [0.4, 0.5) is 26.1 Å². The van der Waals surface area contributed by atoms with Crippen molar-refractivity contribution in [2.45, 2.75) is 19.4 Å². The summed E-state index contributed by atoms with van der Waals surface area (Å²) in [5.41, 5.74) is 2.20. The van der Waals surface area contributed by atoms with Crippen LogP contribution in [0.25, 0.3) is 0 Å². The van der Waals surface area contributed by atoms with Crippen LogP contribution in [0.2, 0.25) is 0 Å². The van der Waals surface area contributed by atoms with Crippen molar-refractivity contribution in [2.24, 2.45) is 0 Å². The Bertz CT molecular complexity index is 1020. The number of carbonyl (C=O) groups is 1. The van der Waals surface area contributed by atoms with E-state index in [0.717, 1.165) is 29.8 Å². The van der Waals surface area contributed by atoms with E-state index in [-0.39, 0.29) is 29.3 Å². The lowest BCUT2D eigenvalue weighted by atomic mass is 10.1. The van der Waals surface area contributed by atoms with Gasteiger partial charge in [-0.25, -0.2) is 18.7 Å². The van der Waals surface area contributed by atoms with Gasteiger partial charge >= 0.3 is 0 Å². The average Bonchev–Trinajstić information content (AvgIpc) is 2.99. The number of anilines is 3. The average molecular weight is 366 g/mol. The first kappa shape index (κ1) is 17.1. The molecule has 0 radical (unpaired) electrons. The summed E-state index contributed by atoms with van der Waals surface area (Å²) in [5, 5.41) is 2.68. The minimum atomic E-state index is -0.766. The number of aromatic nitrogens is 2. The van der Waals surface area contributed by atoms with Gasteiger partial charge in [-0.1, -0.05) is 18.2 Å². The number of hydrogen-bond donors (Lipinski definition) is 1. The zero-order valence-corrected chi connectivity index (χ0v) is 14.5. The summed E-state index contributed by atoms with van der Waals surface area (Å²) in [6.07, 6.45) is 2.20. The summed E-state index contributed by atoms with van der Waals surface area (Å²) < 4.78 is 26.9. The van der Waals surface area contributed by atoms with Gasteiger partial charge in [-0.2, -0.15) is 0 Å². The van der Waals surface area contributed by atoms with Crippen molar-refractivity contribution >= 4 is 23.2 Å². The molecule has 2 aromatic carbocycles. The number of halogens is 2. The Morgan fingerprint density at radius 2 is 2.00 bits per heavy atom. The monoisotopic (exact) mass is 366 g/mol. The third-order valence-electron chi connectivity index (χ3n) is 4.48. The Hall–Kier alpha value is -3.35. The van der Waals surface area contributed by atoms with Gasteiger partial charge in [-0.05, 0) is 43.2 Å². The highest BCUT2D eigenvalue weighted by atomic mass is 19.1. The minimum Gasteiger partial charge on any atom is -0.322 e. The van der Waals surface area contributed by atoms with Crippen molar-refractivity contribution in [2.75, 3.05) is 10.2 Å². The highest BCUT2D eigenvalue weighted by Gasteiger charge is 2.32. The number of rotatable bonds is 3. The van der Waals surface area contributed by atoms with Crippen molar-refractivity contribution in [3.63, 3.8) is 0 Å². The van der Waals surface area contributed by atoms with Gasteiger partial charge in [-0.15, -0.1) is 0 Å². The molecule has 5 nitrogen and oxygen atoms in total. The molecule has 0 fully saturated rings. The van der Waals surface area contributed by atoms with E-state index < -0.39 is 11.6 Å². The summed E-state index contributed by atoms with van der Waals surface area (Å²) in [7, 11) is 0. The van der Waals surface area contributed by atoms with Crippen molar-refractivity contribution < 1.29 is 13.6 Å². The van der Waals surface area contributed by atoms with E-state index in [2.05, 4.69) is 15.3 Å². The van der Waals surface area contributed by atoms with Crippen LogP contribution in [0.3, 0.4) is 0 Å². The van der Waals surface area contributed by atoms with E-state index in [1.165, 1.54) is 18.3 Å². The predicted octanol–water partition coefficient (Wildman–Crippen LogP) is 4.09. The number of hydrogen-bond acceptors (Lipinski definition) is 4. The molecule has 1 unspecified atom stereocenters. The van der Waals surface area contributed by atoms with Gasteiger partial charge in [-0.3, -0.25) is 4.79 Å². The largest absolute Gasteiger partial charge is 0.322 e. The Morgan fingerprint density at radius 1 is 1.19 bits per heavy atom. The molecule has 136 valence electrons. The van der Waals surface area contributed by atoms with Crippen LogP contribution in [0.15, 0.2) is 54.7 Å². The van der Waals surface area contributed by atoms with Gasteiger partial charge in [0.15, 0.2) is 0 Å². The predicted molar refractivity (Wildman–Crippen MR) is 98.1 cm³/mol. The standard InChI is InChI=1S/C20H16F2N4O/c1-12-10-13-4-2-3-5-18(13)26(12)19(27)17-8-9-23-20(25-17)24-16-7-6-14(21)11-15(16)22/h2-9,11-12H,10H2,1H3,(H,23,24,25). The summed E-state index contributed by atoms with van der Waals surface area (Å²) in [6, 6.07) is 12.4. The van der Waals surface area contributed by atoms with Crippen molar-refractivity contribution in [3.05, 3.63) is 77.6 Å². The third kappa shape index (κ3) is 3.23. The Balaban J connectivity index is 1.62. The molecular weight excluding hydrogens is 350 g/mol. The molecule has 0 bridgehead atoms. The molecular formula is C20H16F2N4O. The van der Waals surface area contributed by atoms with Crippen LogP contribution >= 0.6 is 0 Å². The number of nitrogens with zero attached hydrogens (tertiary/aromatic N) is 3. The number of para-hydroxylation sites is 1. The SMILES string of the molecule is CC1Cc2ccccc2N1C(=O)c1ccnc(Nc2ccc(F)cc2F)n1. The summed E-state index contributed by atoms with van der Waals surface area (Å²) in [6.45, 7) is 1.98. The molecule has 4 rings (SSSR count). The second kappa shape index (κ2) is 6.75. The first-order valence-electron chi connectivity index (χ1n) is 8.49. The van der Waals surface area contributed by atoms with Gasteiger partial charge < -0.3 is 10.2 Å². The van der Waals surface area contributed by atoms with Crippen LogP contribution in [0.5, 0.6) is 0 Å². The molecule has 1 atom stereocenters. The smallest absolute Gasteiger partial charge is 0.277 e. The van der Waals surface area contributed by atoms with Gasteiger partial charge in [0.05, 0.1) is 5.69 Å². The molecule has 0 saturated heterocycles. The van der Waals surface area contributed by atoms with E-state index >= 15 is 0 Å². The molecule has 1 N–H and O–H groups in total. The van der Waals surface area contributed by atoms with Crippen LogP contribution in [-0.2, 0) is 6.42 Å². The maximum Gasteiger partial charge on any atom is 0.277 e. The maximum atomic E-state index is 13.8. The van der Waals surface area contributed by atoms with E-state index in [4.69, 9.17) is 0 Å². The Labute approximate surface area is 154 Å². The molecule has 27 heavy (non-hydrogen) atoms. The fraction of sp³-hybridized carbons (Fsp3) is 0.150. The van der Waals surface area contributed by atoms with Gasteiger partial charge in [0.1, 0.15) is 17.3 Å². The minimum absolute atomic E-state index is 0.0100. The summed E-state index contributed by atoms with van der Waals surface area (Å²) >= 11 is 0. The van der Waals surface area contributed by atoms with Crippen molar-refractivity contribution in [1.82, 2.24) is 9.97 Å². The zero-order valence-electron chi connectivity index (χ0n) is 14.5. The number of amides is 1. The van der Waals surface area contributed by atoms with Crippen molar-refractivity contribution in [1.29, 1.82) is 0 Å². The first-order valence-corrected chi connectivity index (χ1v) is 8.49. The highest BCUT2D eigenvalue weighted by molar-refractivity contribution is 6.06. The molecule has 0 saturated carbocycles. The van der Waals surface area contributed by atoms with Gasteiger partial charge in [0.2, 0.25) is 5.95 Å². The fourth-order valence-corrected chi connectivity index (χ4v) is 3.25. The lowest BCUT2D eigenvalue weighted by molar-refractivity contribution is 0.0976. The number of carbonyl (C=O) groups excluding carboxylic acids is 1. The molecule has 1 aliphatic rings. The quantitative estimate of drug-likeness (QED) is 0.759. The number of benzene rings is 2. The fourth-order valence-electron chi connectivity index (χ4n) is 3.25. The number of fused-ring (bicyclic) bond motifs is 1. The van der Waals surface area contributed by atoms with Crippen LogP contribution in [-0.4, -0.2) is 21.9 Å². The van der Waals surface area contributed by atoms with Crippen LogP contribution in [0, 0.1) is 11.6 Å². The topological polar surface area (TPSA) is 58.1 Å². The lowest BCUT2D eigenvalue weighted by Crippen LogP contribution is -2.36. The molecule has 1 aliphatic heterocycles. The van der Waals surface area contributed by atoms with E-state index in [1.54, 1.807) is 4.90 Å². The van der Waals surface area contributed by atoms with E-state index in [9.17, 15) is 13.6 Å². The van der Waals surface area contributed by atoms with Gasteiger partial charge in [0.25, 0.3) is 5.91 Å². The molecule has 0 aliphatic carbocycles. The van der Waals surface area contributed by atoms with Crippen LogP contribution in [0.1, 0.15) is 23.0 Å². The molecule has 2 heterocycles. The van der Waals surface area contributed by atoms with E-state index in [0.29, 0.717) is 0 Å². The Kier molecular flexibility index (Phi) is 4.27. The Morgan fingerprint density at radius 3 is 2.81 bits per heavy atom. The maximum absolute atomic E-state index is 13.8. The number of nitrogens with one attached hydrogen (secondary N) is 1. The lowest BCUT2D eigenvalue weighted by Gasteiger charge is -2.22. The second-order valence-electron chi connectivity index (χ2n) is 6.37. The highest BCUT2D eigenvalue weighted by Crippen LogP contribution is 2.32. The second-order valence-corrected chi connectivity index (χ2v) is 6.37. The van der Waals surface area contributed by atoms with Crippen molar-refractivity contribution in [3.8, 4) is 0 Å². The molecule has 1 amide bonds. The molecule has 3 aromatic rings. The normalized spacial score (nSPS) is 15.5. The molecule has 7 heteroatoms. The third-order valence-corrected chi connectivity index (χ3v) is 4.48. The molecule has 1 aromatic heterocycles. The summed E-state index contributed by atoms with van der Waals surface area (Å²) in [5.74, 6) is -1.63. The summed E-state index contributed by atoms with van der Waals surface area (Å²) in [4.78, 5) is 23.0. The zero-order chi connectivity index (χ0) is 19.0. The first-order chi connectivity index (χ1) is 13.0. The van der Waals surface area contributed by atoms with E-state index in [1.807, 2.05) is 31.2 Å². The van der Waals surface area contributed by atoms with Gasteiger partial charge in [0, 0.05) is 24.0 Å².